The number of anilines is 1. The van der Waals surface area contributed by atoms with Gasteiger partial charge in [-0.25, -0.2) is 29.1 Å². The van der Waals surface area contributed by atoms with Gasteiger partial charge in [0.15, 0.2) is 0 Å². The van der Waals surface area contributed by atoms with Crippen molar-refractivity contribution in [2.24, 2.45) is 5.73 Å². The molecule has 68 heavy (non-hydrogen) atoms. The summed E-state index contributed by atoms with van der Waals surface area (Å²) in [7, 11) is 1.36. The minimum Gasteiger partial charge on any atom is -0.477 e. The van der Waals surface area contributed by atoms with Crippen LogP contribution in [0, 0.1) is 19.3 Å². The lowest BCUT2D eigenvalue weighted by Crippen LogP contribution is -2.29. The van der Waals surface area contributed by atoms with Crippen molar-refractivity contribution in [2.45, 2.75) is 66.6 Å². The predicted molar refractivity (Wildman–Crippen MR) is 268 cm³/mol. The number of nitrogens with one attached hydrogen (secondary N) is 2. The fourth-order valence-corrected chi connectivity index (χ4v) is 9.80. The highest BCUT2D eigenvalue weighted by Crippen LogP contribution is 2.40. The third-order valence-electron chi connectivity index (χ3n) is 8.68. The first-order valence-electron chi connectivity index (χ1n) is 20.5. The maximum atomic E-state index is 13.1. The molecule has 0 atom stereocenters. The van der Waals surface area contributed by atoms with Gasteiger partial charge in [-0.1, -0.05) is 78.9 Å². The number of nitrogen functional groups attached to an aromatic ring is 1. The zero-order valence-electron chi connectivity index (χ0n) is 38.5. The molecule has 3 aromatic carbocycles. The zero-order chi connectivity index (χ0) is 49.9. The Bertz CT molecular complexity index is 2880. The summed E-state index contributed by atoms with van der Waals surface area (Å²) in [6.07, 6.45) is -2.12. The summed E-state index contributed by atoms with van der Waals surface area (Å²) in [5.74, 6) is -1.59. The monoisotopic (exact) mass is 995 g/mol. The summed E-state index contributed by atoms with van der Waals surface area (Å²) >= 11 is 5.21. The summed E-state index contributed by atoms with van der Waals surface area (Å²) in [5, 5.41) is 21.3. The molecule has 0 aliphatic rings. The number of benzene rings is 3. The van der Waals surface area contributed by atoms with Gasteiger partial charge in [0.1, 0.15) is 41.7 Å². The summed E-state index contributed by atoms with van der Waals surface area (Å²) in [4.78, 5) is 71.7. The second kappa shape index (κ2) is 22.6. The van der Waals surface area contributed by atoms with Crippen LogP contribution in [0.5, 0.6) is 0 Å². The normalized spacial score (nSPS) is 10.9. The van der Waals surface area contributed by atoms with E-state index in [-0.39, 0.29) is 22.6 Å². The molecular weight excluding hydrogens is 947 g/mol. The molecule has 0 saturated carbocycles. The van der Waals surface area contributed by atoms with Crippen molar-refractivity contribution in [3.8, 4) is 43.7 Å². The molecule has 4 heterocycles. The van der Waals surface area contributed by atoms with E-state index in [9.17, 15) is 29.1 Å². The standard InChI is InChI=1S/C23H18N2O3S2.C16H13N3O2S2.C10H18O5/c1-14-17(13-18(29-14)23(27)28-2)22-25-19(15-9-5-3-6-10-15)20(30-22)21(26)24-16-11-7-4-8-12-16;1-8-10(7-11(22-8)14(17)18)15-19-12(13(23-15)16(20)21)9-5-3-2-4-6-9;1-9(2,3)14-7(11)13-8(12)15-10(4,5)6/h3-13H,1-2H3,(H,24,26);2-7H,1H3,(H3,17,18)(H,20,21);1-6H3. The zero-order valence-corrected chi connectivity index (χ0v) is 41.8. The molecule has 15 nitrogen and oxygen atoms in total. The van der Waals surface area contributed by atoms with E-state index in [2.05, 4.69) is 15.0 Å². The quantitative estimate of drug-likeness (QED) is 0.0347. The summed E-state index contributed by atoms with van der Waals surface area (Å²) < 4.78 is 18.6. The number of para-hydroxylation sites is 1. The molecule has 354 valence electrons. The number of aromatic nitrogens is 2. The molecule has 0 aliphatic carbocycles. The molecule has 0 spiro atoms. The average Bonchev–Trinajstić information content (AvgIpc) is 4.08. The fraction of sp³-hybridized carbons (Fsp3) is 0.224. The number of methoxy groups -OCH3 is 1. The number of hydrogen-bond donors (Lipinski definition) is 4. The number of nitrogens with two attached hydrogens (primary N) is 1. The van der Waals surface area contributed by atoms with Gasteiger partial charge in [-0.3, -0.25) is 10.2 Å². The van der Waals surface area contributed by atoms with Crippen LogP contribution in [-0.2, 0) is 18.9 Å². The number of hydrogen-bond acceptors (Lipinski definition) is 16. The number of rotatable bonds is 9. The van der Waals surface area contributed by atoms with E-state index in [1.54, 1.807) is 53.7 Å². The van der Waals surface area contributed by atoms with Gasteiger partial charge < -0.3 is 35.1 Å². The van der Waals surface area contributed by atoms with Crippen molar-refractivity contribution in [3.05, 3.63) is 132 Å². The molecule has 0 radical (unpaired) electrons. The first-order valence-corrected chi connectivity index (χ1v) is 23.8. The SMILES string of the molecule is CC(C)(C)OC(=O)OC(=O)OC(C)(C)C.COC(=O)c1cc(-c2nc(-c3ccccc3)c(C(=O)Nc3ccccc3)s2)c(C)s1.Cc1sc(C(=N)N)cc1-c1nc(-c2ccccc2)c(C(=O)O)s1. The molecule has 1 amide bonds. The Morgan fingerprint density at radius 3 is 1.46 bits per heavy atom. The van der Waals surface area contributed by atoms with Crippen LogP contribution in [0.15, 0.2) is 103 Å². The van der Waals surface area contributed by atoms with Crippen LogP contribution in [0.25, 0.3) is 43.7 Å². The van der Waals surface area contributed by atoms with Crippen LogP contribution in [0.4, 0.5) is 15.3 Å². The van der Waals surface area contributed by atoms with Gasteiger partial charge in [0.05, 0.1) is 23.4 Å². The minimum atomic E-state index is -1.06. The maximum Gasteiger partial charge on any atom is 0.519 e. The van der Waals surface area contributed by atoms with E-state index in [1.165, 1.54) is 41.1 Å². The number of carbonyl (C=O) groups is 5. The van der Waals surface area contributed by atoms with E-state index < -0.39 is 29.5 Å². The van der Waals surface area contributed by atoms with Gasteiger partial charge in [0.25, 0.3) is 5.91 Å². The van der Waals surface area contributed by atoms with Crippen molar-refractivity contribution in [1.29, 1.82) is 5.41 Å². The lowest BCUT2D eigenvalue weighted by atomic mass is 10.1. The Hall–Kier alpha value is -7.06. The highest BCUT2D eigenvalue weighted by atomic mass is 32.1. The van der Waals surface area contributed by atoms with Crippen molar-refractivity contribution >= 4 is 87.0 Å². The fourth-order valence-electron chi connectivity index (χ4n) is 5.79. The number of carboxylic acids is 1. The molecular formula is C49H49N5O10S4. The Balaban J connectivity index is 0.000000203. The van der Waals surface area contributed by atoms with Crippen LogP contribution in [0.2, 0.25) is 0 Å². The maximum absolute atomic E-state index is 13.1. The van der Waals surface area contributed by atoms with Crippen LogP contribution in [0.1, 0.15) is 85.2 Å². The summed E-state index contributed by atoms with van der Waals surface area (Å²) in [5.41, 5.74) is 9.24. The van der Waals surface area contributed by atoms with Gasteiger partial charge in [0.2, 0.25) is 0 Å². The average molecular weight is 996 g/mol. The van der Waals surface area contributed by atoms with Crippen LogP contribution < -0.4 is 11.1 Å². The van der Waals surface area contributed by atoms with E-state index >= 15 is 0 Å². The first-order chi connectivity index (χ1) is 32.0. The number of ether oxygens (including phenoxy) is 4. The van der Waals surface area contributed by atoms with Crippen LogP contribution >= 0.6 is 45.3 Å². The Morgan fingerprint density at radius 1 is 0.632 bits per heavy atom. The number of thiazole rings is 2. The van der Waals surface area contributed by atoms with E-state index in [4.69, 9.17) is 30.3 Å². The summed E-state index contributed by atoms with van der Waals surface area (Å²) in [6, 6.07) is 31.8. The number of aromatic carboxylic acids is 1. The summed E-state index contributed by atoms with van der Waals surface area (Å²) in [6.45, 7) is 13.9. The largest absolute Gasteiger partial charge is 0.519 e. The number of esters is 1. The molecule has 0 bridgehead atoms. The number of amides is 1. The predicted octanol–water partition coefficient (Wildman–Crippen LogP) is 12.6. The van der Waals surface area contributed by atoms with Crippen molar-refractivity contribution in [2.75, 3.05) is 12.4 Å². The molecule has 5 N–H and O–H groups in total. The number of amidine groups is 1. The van der Waals surface area contributed by atoms with Crippen molar-refractivity contribution in [1.82, 2.24) is 9.97 Å². The number of aryl methyl sites for hydroxylation is 2. The molecule has 7 rings (SSSR count). The minimum absolute atomic E-state index is 0.00245. The van der Waals surface area contributed by atoms with E-state index in [1.807, 2.05) is 105 Å². The molecule has 7 aromatic rings. The Labute approximate surface area is 409 Å². The van der Waals surface area contributed by atoms with Gasteiger partial charge in [-0.15, -0.1) is 45.3 Å². The molecule has 0 saturated heterocycles. The molecule has 0 unspecified atom stereocenters. The van der Waals surface area contributed by atoms with Crippen LogP contribution in [-0.4, -0.2) is 69.4 Å². The van der Waals surface area contributed by atoms with Gasteiger partial charge in [-0.2, -0.15) is 0 Å². The number of carboxylic acid groups (broad SMARTS) is 1. The smallest absolute Gasteiger partial charge is 0.477 e. The van der Waals surface area contributed by atoms with Crippen molar-refractivity contribution < 1.29 is 48.0 Å². The Kier molecular flexibility index (Phi) is 17.3. The highest BCUT2D eigenvalue weighted by Gasteiger charge is 2.26. The molecule has 4 aromatic heterocycles. The first kappa shape index (κ1) is 51.9. The van der Waals surface area contributed by atoms with Gasteiger partial charge >= 0.3 is 24.2 Å². The van der Waals surface area contributed by atoms with Gasteiger partial charge in [-0.05, 0) is 79.7 Å². The second-order valence-electron chi connectivity index (χ2n) is 16.3. The number of thiophene rings is 2. The molecule has 0 fully saturated rings. The lowest BCUT2D eigenvalue weighted by molar-refractivity contribution is -0.0294. The van der Waals surface area contributed by atoms with Gasteiger partial charge in [0, 0.05) is 37.7 Å². The third kappa shape index (κ3) is 14.5. The second-order valence-corrected chi connectivity index (χ2v) is 20.9. The van der Waals surface area contributed by atoms with E-state index in [0.717, 1.165) is 49.0 Å². The number of carbonyl (C=O) groups excluding carboxylic acids is 4. The molecule has 19 heteroatoms. The van der Waals surface area contributed by atoms with Crippen molar-refractivity contribution in [3.63, 3.8) is 0 Å². The topological polar surface area (TPSA) is 230 Å². The lowest BCUT2D eigenvalue weighted by Gasteiger charge is -2.20. The van der Waals surface area contributed by atoms with Crippen LogP contribution in [0.3, 0.4) is 0 Å². The Morgan fingerprint density at radius 2 is 1.04 bits per heavy atom. The third-order valence-corrected chi connectivity index (χ3v) is 13.0. The number of nitrogens with zero attached hydrogens (tertiary/aromatic N) is 2. The van der Waals surface area contributed by atoms with E-state index in [0.29, 0.717) is 36.0 Å². The molecule has 0 aliphatic heterocycles. The highest BCUT2D eigenvalue weighted by molar-refractivity contribution is 7.19.